The molecule has 0 spiro atoms. The maximum atomic E-state index is 13.4. The van der Waals surface area contributed by atoms with E-state index in [1.807, 2.05) is 48.5 Å². The molecule has 2 saturated heterocycles. The van der Waals surface area contributed by atoms with Gasteiger partial charge < -0.3 is 14.2 Å². The zero-order valence-electron chi connectivity index (χ0n) is 18.2. The Hall–Kier alpha value is -3.71. The van der Waals surface area contributed by atoms with Crippen molar-refractivity contribution in [3.05, 3.63) is 78.2 Å². The van der Waals surface area contributed by atoms with Crippen LogP contribution in [-0.4, -0.2) is 63.7 Å². The van der Waals surface area contributed by atoms with Crippen molar-refractivity contribution in [1.29, 1.82) is 0 Å². The van der Waals surface area contributed by atoms with Gasteiger partial charge in [-0.25, -0.2) is 0 Å². The average Bonchev–Trinajstić information content (AvgIpc) is 3.25. The third-order valence-electron chi connectivity index (χ3n) is 6.66. The van der Waals surface area contributed by atoms with Gasteiger partial charge in [-0.2, -0.15) is 0 Å². The molecule has 0 aliphatic carbocycles. The molecule has 6 rings (SSSR count). The highest BCUT2D eigenvalue weighted by molar-refractivity contribution is 5.95. The van der Waals surface area contributed by atoms with Gasteiger partial charge in [-0.05, 0) is 29.8 Å². The van der Waals surface area contributed by atoms with E-state index in [0.717, 1.165) is 35.0 Å². The zero-order chi connectivity index (χ0) is 22.4. The molecule has 7 nitrogen and oxygen atoms in total. The van der Waals surface area contributed by atoms with E-state index < -0.39 is 6.04 Å². The van der Waals surface area contributed by atoms with Crippen LogP contribution < -0.4 is 0 Å². The van der Waals surface area contributed by atoms with E-state index in [2.05, 4.69) is 22.0 Å². The van der Waals surface area contributed by atoms with E-state index in [1.54, 1.807) is 16.0 Å². The third kappa shape index (κ3) is 3.64. The number of benzene rings is 2. The highest BCUT2D eigenvalue weighted by Gasteiger charge is 2.42. The van der Waals surface area contributed by atoms with E-state index in [9.17, 15) is 9.59 Å². The Balaban J connectivity index is 1.20. The van der Waals surface area contributed by atoms with Gasteiger partial charge in [0.05, 0.1) is 12.1 Å². The van der Waals surface area contributed by atoms with Crippen LogP contribution in [0.25, 0.3) is 21.9 Å². The van der Waals surface area contributed by atoms with E-state index in [-0.39, 0.29) is 18.4 Å². The van der Waals surface area contributed by atoms with E-state index >= 15 is 0 Å². The molecule has 2 aromatic heterocycles. The van der Waals surface area contributed by atoms with Gasteiger partial charge >= 0.3 is 0 Å². The van der Waals surface area contributed by atoms with Crippen LogP contribution in [0.4, 0.5) is 0 Å². The Morgan fingerprint density at radius 3 is 2.79 bits per heavy atom. The number of aromatic nitrogens is 1. The van der Waals surface area contributed by atoms with Gasteiger partial charge in [0, 0.05) is 43.1 Å². The van der Waals surface area contributed by atoms with Crippen LogP contribution in [-0.2, 0) is 22.7 Å². The summed E-state index contributed by atoms with van der Waals surface area (Å²) < 4.78 is 5.90. The average molecular weight is 441 g/mol. The van der Waals surface area contributed by atoms with Crippen molar-refractivity contribution in [3.63, 3.8) is 0 Å². The molecule has 1 atom stereocenters. The Morgan fingerprint density at radius 2 is 1.88 bits per heavy atom. The number of furan rings is 1. The standard InChI is InChI=1S/C26H24N4O3/c31-25-17-29(15-20-13-18-5-1-2-9-24(18)33-20)26(32)23-16-28(11-12-30(23)25)14-19-6-3-8-22-21(19)7-4-10-27-22/h1-10,13,23H,11-12,14-17H2. The summed E-state index contributed by atoms with van der Waals surface area (Å²) in [4.78, 5) is 36.3. The highest BCUT2D eigenvalue weighted by atomic mass is 16.3. The molecule has 4 aromatic rings. The third-order valence-corrected chi connectivity index (χ3v) is 6.66. The molecule has 0 saturated carbocycles. The van der Waals surface area contributed by atoms with E-state index in [4.69, 9.17) is 4.42 Å². The van der Waals surface area contributed by atoms with Crippen LogP contribution in [0.5, 0.6) is 0 Å². The summed E-state index contributed by atoms with van der Waals surface area (Å²) in [5.41, 5.74) is 2.94. The van der Waals surface area contributed by atoms with Crippen LogP contribution in [0.3, 0.4) is 0 Å². The summed E-state index contributed by atoms with van der Waals surface area (Å²) in [5.74, 6) is 0.686. The molecule has 1 unspecified atom stereocenters. The fourth-order valence-corrected chi connectivity index (χ4v) is 5.02. The Morgan fingerprint density at radius 1 is 0.970 bits per heavy atom. The Kier molecular flexibility index (Phi) is 4.84. The van der Waals surface area contributed by atoms with Crippen molar-refractivity contribution in [2.24, 2.45) is 0 Å². The number of hydrogen-bond donors (Lipinski definition) is 0. The molecular formula is C26H24N4O3. The van der Waals surface area contributed by atoms with Gasteiger partial charge in [-0.15, -0.1) is 0 Å². The van der Waals surface area contributed by atoms with Crippen molar-refractivity contribution in [2.45, 2.75) is 19.1 Å². The maximum Gasteiger partial charge on any atom is 0.247 e. The minimum Gasteiger partial charge on any atom is -0.459 e. The van der Waals surface area contributed by atoms with Crippen molar-refractivity contribution >= 4 is 33.7 Å². The lowest BCUT2D eigenvalue weighted by atomic mass is 10.0. The number of pyridine rings is 1. The molecule has 2 aliphatic heterocycles. The normalized spacial score (nSPS) is 19.5. The molecule has 2 amide bonds. The number of carbonyl (C=O) groups is 2. The van der Waals surface area contributed by atoms with Gasteiger partial charge in [0.25, 0.3) is 0 Å². The second-order valence-corrected chi connectivity index (χ2v) is 8.77. The van der Waals surface area contributed by atoms with Crippen LogP contribution in [0.15, 0.2) is 71.3 Å². The van der Waals surface area contributed by atoms with Crippen molar-refractivity contribution in [2.75, 3.05) is 26.2 Å². The van der Waals surface area contributed by atoms with Gasteiger partial charge in [-0.1, -0.05) is 36.4 Å². The fraction of sp³-hybridized carbons (Fsp3) is 0.269. The first-order valence-electron chi connectivity index (χ1n) is 11.3. The number of para-hydroxylation sites is 1. The summed E-state index contributed by atoms with van der Waals surface area (Å²) in [7, 11) is 0. The van der Waals surface area contributed by atoms with Gasteiger partial charge in [0.1, 0.15) is 23.9 Å². The first kappa shape index (κ1) is 19.9. The Labute approximate surface area is 191 Å². The quantitative estimate of drug-likeness (QED) is 0.488. The summed E-state index contributed by atoms with van der Waals surface area (Å²) in [5, 5.41) is 2.12. The lowest BCUT2D eigenvalue weighted by Gasteiger charge is -2.46. The highest BCUT2D eigenvalue weighted by Crippen LogP contribution is 2.25. The number of nitrogens with zero attached hydrogens (tertiary/aromatic N) is 4. The smallest absolute Gasteiger partial charge is 0.247 e. The SMILES string of the molecule is O=C1C2CN(Cc3cccc4ncccc34)CCN2C(=O)CN1Cc1cc2ccccc2o1. The molecule has 33 heavy (non-hydrogen) atoms. The molecule has 0 N–H and O–H groups in total. The molecule has 2 aromatic carbocycles. The molecule has 2 aliphatic rings. The van der Waals surface area contributed by atoms with Crippen molar-refractivity contribution in [1.82, 2.24) is 19.7 Å². The maximum absolute atomic E-state index is 13.4. The van der Waals surface area contributed by atoms with Crippen LogP contribution in [0, 0.1) is 0 Å². The number of piperazine rings is 2. The largest absolute Gasteiger partial charge is 0.459 e. The predicted octanol–water partition coefficient (Wildman–Crippen LogP) is 3.04. The van der Waals surface area contributed by atoms with Crippen molar-refractivity contribution < 1.29 is 14.0 Å². The minimum atomic E-state index is -0.461. The minimum absolute atomic E-state index is 0.00437. The number of hydrogen-bond acceptors (Lipinski definition) is 5. The topological polar surface area (TPSA) is 69.9 Å². The lowest BCUT2D eigenvalue weighted by Crippen LogP contribution is -2.66. The van der Waals surface area contributed by atoms with Crippen LogP contribution >= 0.6 is 0 Å². The molecule has 166 valence electrons. The molecule has 4 heterocycles. The van der Waals surface area contributed by atoms with Crippen LogP contribution in [0.1, 0.15) is 11.3 Å². The second-order valence-electron chi connectivity index (χ2n) is 8.77. The van der Waals surface area contributed by atoms with Crippen LogP contribution in [0.2, 0.25) is 0 Å². The molecular weight excluding hydrogens is 416 g/mol. The molecule has 0 bridgehead atoms. The van der Waals surface area contributed by atoms with Gasteiger partial charge in [0.2, 0.25) is 11.8 Å². The first-order chi connectivity index (χ1) is 16.2. The van der Waals surface area contributed by atoms with Gasteiger partial charge in [-0.3, -0.25) is 19.5 Å². The Bertz CT molecular complexity index is 1330. The fourth-order valence-electron chi connectivity index (χ4n) is 5.02. The summed E-state index contributed by atoms with van der Waals surface area (Å²) in [6, 6.07) is 19.4. The van der Waals surface area contributed by atoms with Gasteiger partial charge in [0.15, 0.2) is 0 Å². The second kappa shape index (κ2) is 8.01. The lowest BCUT2D eigenvalue weighted by molar-refractivity contribution is -0.160. The monoisotopic (exact) mass is 440 g/mol. The van der Waals surface area contributed by atoms with E-state index in [1.165, 1.54) is 5.56 Å². The predicted molar refractivity (Wildman–Crippen MR) is 124 cm³/mol. The summed E-state index contributed by atoms with van der Waals surface area (Å²) in [6.45, 7) is 2.96. The first-order valence-corrected chi connectivity index (χ1v) is 11.3. The summed E-state index contributed by atoms with van der Waals surface area (Å²) in [6.07, 6.45) is 1.80. The number of amides is 2. The molecule has 7 heteroatoms. The number of carbonyl (C=O) groups excluding carboxylic acids is 2. The molecule has 0 radical (unpaired) electrons. The van der Waals surface area contributed by atoms with E-state index in [0.29, 0.717) is 25.4 Å². The number of fused-ring (bicyclic) bond motifs is 3. The zero-order valence-corrected chi connectivity index (χ0v) is 18.2. The summed E-state index contributed by atoms with van der Waals surface area (Å²) >= 11 is 0. The number of rotatable bonds is 4. The molecule has 2 fully saturated rings. The van der Waals surface area contributed by atoms with Crippen molar-refractivity contribution in [3.8, 4) is 0 Å².